The summed E-state index contributed by atoms with van der Waals surface area (Å²) in [5, 5.41) is 9.47. The van der Waals surface area contributed by atoms with E-state index < -0.39 is 5.97 Å². The number of hydrogen-bond acceptors (Lipinski definition) is 3. The van der Waals surface area contributed by atoms with Crippen molar-refractivity contribution in [2.45, 2.75) is 6.61 Å². The smallest absolute Gasteiger partial charge is 0.328 e. The number of rotatable bonds is 6. The van der Waals surface area contributed by atoms with Gasteiger partial charge in [0.15, 0.2) is 11.5 Å². The Morgan fingerprint density at radius 1 is 1.30 bits per heavy atom. The summed E-state index contributed by atoms with van der Waals surface area (Å²) in [6.07, 6.45) is 2.52. The summed E-state index contributed by atoms with van der Waals surface area (Å²) in [4.78, 5) is 10.8. The quantitative estimate of drug-likeness (QED) is 0.712. The van der Waals surface area contributed by atoms with E-state index in [1.54, 1.807) is 24.3 Å². The van der Waals surface area contributed by atoms with E-state index in [9.17, 15) is 4.79 Å². The second-order valence-corrected chi connectivity index (χ2v) is 5.97. The first-order valence-electron chi connectivity index (χ1n) is 6.65. The molecular weight excluding hydrogens is 384 g/mol. The van der Waals surface area contributed by atoms with E-state index in [4.69, 9.17) is 26.2 Å². The Morgan fingerprint density at radius 3 is 2.61 bits per heavy atom. The number of carbonyl (C=O) groups is 1. The molecule has 0 saturated heterocycles. The summed E-state index contributed by atoms with van der Waals surface area (Å²) in [5.41, 5.74) is 1.54. The van der Waals surface area contributed by atoms with Crippen molar-refractivity contribution >= 4 is 39.6 Å². The minimum atomic E-state index is -1.03. The molecule has 6 heteroatoms. The molecule has 0 radical (unpaired) electrons. The van der Waals surface area contributed by atoms with Gasteiger partial charge in [0.05, 0.1) is 7.11 Å². The molecule has 0 aliphatic heterocycles. The highest BCUT2D eigenvalue weighted by Crippen LogP contribution is 2.36. The lowest BCUT2D eigenvalue weighted by atomic mass is 10.1. The van der Waals surface area contributed by atoms with Crippen molar-refractivity contribution in [2.75, 3.05) is 7.11 Å². The molecule has 4 nitrogen and oxygen atoms in total. The van der Waals surface area contributed by atoms with Crippen molar-refractivity contribution in [1.29, 1.82) is 0 Å². The van der Waals surface area contributed by atoms with Gasteiger partial charge in [-0.3, -0.25) is 0 Å². The zero-order chi connectivity index (χ0) is 16.8. The molecule has 0 atom stereocenters. The summed E-state index contributed by atoms with van der Waals surface area (Å²) >= 11 is 9.23. The molecule has 2 aromatic carbocycles. The van der Waals surface area contributed by atoms with Crippen LogP contribution in [0.3, 0.4) is 0 Å². The SMILES string of the molecule is COc1cc(Br)cc(C=CC(=O)O)c1OCc1ccc(Cl)cc1. The number of benzene rings is 2. The van der Waals surface area contributed by atoms with E-state index in [0.717, 1.165) is 16.1 Å². The van der Waals surface area contributed by atoms with Crippen LogP contribution in [0.4, 0.5) is 0 Å². The largest absolute Gasteiger partial charge is 0.493 e. The van der Waals surface area contributed by atoms with Crippen LogP contribution in [0.25, 0.3) is 6.08 Å². The molecular formula is C17H14BrClO4. The standard InChI is InChI=1S/C17H14BrClO4/c1-22-15-9-13(18)8-12(4-7-16(20)21)17(15)23-10-11-2-5-14(19)6-3-11/h2-9H,10H2,1H3,(H,20,21). The molecule has 1 N–H and O–H groups in total. The third kappa shape index (κ3) is 5.01. The summed E-state index contributed by atoms with van der Waals surface area (Å²) in [6, 6.07) is 10.8. The lowest BCUT2D eigenvalue weighted by Gasteiger charge is -2.14. The minimum Gasteiger partial charge on any atom is -0.493 e. The van der Waals surface area contributed by atoms with Crippen LogP contribution in [0, 0.1) is 0 Å². The fourth-order valence-corrected chi connectivity index (χ4v) is 2.50. The van der Waals surface area contributed by atoms with Crippen molar-refractivity contribution < 1.29 is 19.4 Å². The van der Waals surface area contributed by atoms with E-state index in [0.29, 0.717) is 28.7 Å². The molecule has 2 rings (SSSR count). The van der Waals surface area contributed by atoms with Crippen LogP contribution in [0.1, 0.15) is 11.1 Å². The van der Waals surface area contributed by atoms with E-state index in [1.807, 2.05) is 12.1 Å². The Bertz CT molecular complexity index is 726. The van der Waals surface area contributed by atoms with E-state index in [-0.39, 0.29) is 0 Å². The van der Waals surface area contributed by atoms with Crippen molar-refractivity contribution in [3.63, 3.8) is 0 Å². The molecule has 120 valence electrons. The Morgan fingerprint density at radius 2 is 2.00 bits per heavy atom. The fraction of sp³-hybridized carbons (Fsp3) is 0.118. The van der Waals surface area contributed by atoms with E-state index in [1.165, 1.54) is 13.2 Å². The number of halogens is 2. The van der Waals surface area contributed by atoms with Gasteiger partial charge in [-0.1, -0.05) is 39.7 Å². The predicted octanol–water partition coefficient (Wildman–Crippen LogP) is 4.79. The molecule has 23 heavy (non-hydrogen) atoms. The van der Waals surface area contributed by atoms with E-state index in [2.05, 4.69) is 15.9 Å². The average Bonchev–Trinajstić information content (AvgIpc) is 2.52. The predicted molar refractivity (Wildman–Crippen MR) is 93.1 cm³/mol. The zero-order valence-electron chi connectivity index (χ0n) is 12.3. The number of hydrogen-bond donors (Lipinski definition) is 1. The maximum Gasteiger partial charge on any atom is 0.328 e. The highest BCUT2D eigenvalue weighted by molar-refractivity contribution is 9.10. The van der Waals surface area contributed by atoms with Gasteiger partial charge in [0.2, 0.25) is 0 Å². The molecule has 0 spiro atoms. The van der Waals surface area contributed by atoms with Gasteiger partial charge in [0.1, 0.15) is 6.61 Å². The molecule has 0 aliphatic rings. The topological polar surface area (TPSA) is 55.8 Å². The Balaban J connectivity index is 2.30. The van der Waals surface area contributed by atoms with Gasteiger partial charge in [-0.05, 0) is 35.9 Å². The Kier molecular flexibility index (Phi) is 6.07. The van der Waals surface area contributed by atoms with Crippen LogP contribution < -0.4 is 9.47 Å². The number of methoxy groups -OCH3 is 1. The summed E-state index contributed by atoms with van der Waals surface area (Å²) in [7, 11) is 1.53. The van der Waals surface area contributed by atoms with Crippen molar-refractivity contribution in [2.24, 2.45) is 0 Å². The summed E-state index contributed by atoms with van der Waals surface area (Å²) in [6.45, 7) is 0.309. The number of ether oxygens (including phenoxy) is 2. The normalized spacial score (nSPS) is 10.7. The molecule has 0 fully saturated rings. The van der Waals surface area contributed by atoms with Crippen LogP contribution in [-0.4, -0.2) is 18.2 Å². The molecule has 0 unspecified atom stereocenters. The van der Waals surface area contributed by atoms with Gasteiger partial charge in [0, 0.05) is 21.1 Å². The highest BCUT2D eigenvalue weighted by Gasteiger charge is 2.12. The summed E-state index contributed by atoms with van der Waals surface area (Å²) in [5.74, 6) is -0.0471. The van der Waals surface area contributed by atoms with Crippen molar-refractivity contribution in [1.82, 2.24) is 0 Å². The molecule has 0 amide bonds. The van der Waals surface area contributed by atoms with Crippen LogP contribution in [0.15, 0.2) is 46.9 Å². The van der Waals surface area contributed by atoms with Gasteiger partial charge in [0.25, 0.3) is 0 Å². The van der Waals surface area contributed by atoms with E-state index >= 15 is 0 Å². The maximum absolute atomic E-state index is 10.8. The average molecular weight is 398 g/mol. The first-order chi connectivity index (χ1) is 11.0. The molecule has 0 aliphatic carbocycles. The van der Waals surface area contributed by atoms with Crippen LogP contribution in [-0.2, 0) is 11.4 Å². The first-order valence-corrected chi connectivity index (χ1v) is 7.82. The van der Waals surface area contributed by atoms with Gasteiger partial charge >= 0.3 is 5.97 Å². The Hall–Kier alpha value is -1.98. The van der Waals surface area contributed by atoms with Crippen molar-refractivity contribution in [3.05, 3.63) is 63.1 Å². The van der Waals surface area contributed by atoms with Gasteiger partial charge in [-0.25, -0.2) is 4.79 Å². The second-order valence-electron chi connectivity index (χ2n) is 4.61. The third-order valence-corrected chi connectivity index (χ3v) is 3.68. The zero-order valence-corrected chi connectivity index (χ0v) is 14.6. The maximum atomic E-state index is 10.8. The van der Waals surface area contributed by atoms with Crippen LogP contribution in [0.2, 0.25) is 5.02 Å². The molecule has 0 saturated carbocycles. The van der Waals surface area contributed by atoms with Crippen molar-refractivity contribution in [3.8, 4) is 11.5 Å². The van der Waals surface area contributed by atoms with Gasteiger partial charge in [-0.15, -0.1) is 0 Å². The molecule has 0 heterocycles. The Labute approximate surface area is 147 Å². The molecule has 2 aromatic rings. The minimum absolute atomic E-state index is 0.309. The molecule has 0 bridgehead atoms. The first kappa shape index (κ1) is 17.4. The number of aliphatic carboxylic acids is 1. The highest BCUT2D eigenvalue weighted by atomic mass is 79.9. The summed E-state index contributed by atoms with van der Waals surface area (Å²) < 4.78 is 11.9. The monoisotopic (exact) mass is 396 g/mol. The second kappa shape index (κ2) is 8.04. The lowest BCUT2D eigenvalue weighted by molar-refractivity contribution is -0.131. The van der Waals surface area contributed by atoms with Crippen LogP contribution >= 0.6 is 27.5 Å². The van der Waals surface area contributed by atoms with Gasteiger partial charge < -0.3 is 14.6 Å². The number of carboxylic acid groups (broad SMARTS) is 1. The van der Waals surface area contributed by atoms with Crippen LogP contribution in [0.5, 0.6) is 11.5 Å². The van der Waals surface area contributed by atoms with Gasteiger partial charge in [-0.2, -0.15) is 0 Å². The number of carboxylic acids is 1. The third-order valence-electron chi connectivity index (χ3n) is 2.97. The fourth-order valence-electron chi connectivity index (χ4n) is 1.92. The lowest BCUT2D eigenvalue weighted by Crippen LogP contribution is -2.00. The molecule has 0 aromatic heterocycles.